The molecule has 2 N–H and O–H groups in total. The van der Waals surface area contributed by atoms with E-state index in [-0.39, 0.29) is 6.03 Å². The first-order chi connectivity index (χ1) is 18.0. The number of amides is 2. The maximum absolute atomic E-state index is 12.1. The number of aromatic nitrogens is 2. The van der Waals surface area contributed by atoms with Crippen LogP contribution in [0.1, 0.15) is 6.42 Å². The molecule has 2 bridgehead atoms. The Bertz CT molecular complexity index is 1400. The zero-order valence-electron chi connectivity index (χ0n) is 21.2. The maximum atomic E-state index is 12.1. The number of hydrogen-bond acceptors (Lipinski definition) is 5. The number of carbonyl (C=O) groups excluding carboxylic acids is 1. The Labute approximate surface area is 216 Å². The summed E-state index contributed by atoms with van der Waals surface area (Å²) in [5, 5.41) is 5.76. The standard InChI is InChI=1S/C29H32N6O2/c1-33(2)14-13-30-29(36)32-22-6-3-20(4-7-22)21-5-12-27-28(15-21)35(19-31-27)24-10-8-23(9-11-24)34-17-26-16-25(34)18-37-26/h3-12,15,19,25-26H,13-14,16-18H2,1-2H3,(H2,30,32,36)/t25-,26-/m0/s1. The monoisotopic (exact) mass is 496 g/mol. The molecule has 8 heteroatoms. The van der Waals surface area contributed by atoms with Gasteiger partial charge in [0.25, 0.3) is 0 Å². The fourth-order valence-corrected chi connectivity index (χ4v) is 5.23. The number of hydrogen-bond donors (Lipinski definition) is 2. The summed E-state index contributed by atoms with van der Waals surface area (Å²) in [5.41, 5.74) is 7.29. The lowest BCUT2D eigenvalue weighted by Crippen LogP contribution is -2.36. The van der Waals surface area contributed by atoms with E-state index in [0.717, 1.165) is 59.7 Å². The SMILES string of the molecule is CN(C)CCNC(=O)Nc1ccc(-c2ccc3ncn(-c4ccc(N5C[C@@H]6C[C@H]5CO6)cc4)c3c2)cc1. The molecule has 3 aromatic carbocycles. The summed E-state index contributed by atoms with van der Waals surface area (Å²) in [5.74, 6) is 0. The summed E-state index contributed by atoms with van der Waals surface area (Å²) >= 11 is 0. The fraction of sp³-hybridized carbons (Fsp3) is 0.310. The predicted molar refractivity (Wildman–Crippen MR) is 148 cm³/mol. The molecule has 37 heavy (non-hydrogen) atoms. The van der Waals surface area contributed by atoms with Crippen molar-refractivity contribution in [3.05, 3.63) is 73.1 Å². The molecule has 0 unspecified atom stereocenters. The summed E-state index contributed by atoms with van der Waals surface area (Å²) < 4.78 is 7.88. The number of morpholine rings is 1. The number of anilines is 2. The van der Waals surface area contributed by atoms with E-state index in [9.17, 15) is 4.79 Å². The Morgan fingerprint density at radius 3 is 2.49 bits per heavy atom. The van der Waals surface area contributed by atoms with Crippen molar-refractivity contribution in [1.29, 1.82) is 0 Å². The highest BCUT2D eigenvalue weighted by Gasteiger charge is 2.38. The Morgan fingerprint density at radius 1 is 1.03 bits per heavy atom. The molecule has 3 heterocycles. The van der Waals surface area contributed by atoms with Crippen LogP contribution in [0.25, 0.3) is 27.8 Å². The minimum atomic E-state index is -0.198. The first-order valence-electron chi connectivity index (χ1n) is 12.8. The molecule has 0 aliphatic carbocycles. The molecule has 2 saturated heterocycles. The number of urea groups is 1. The number of benzene rings is 3. The topological polar surface area (TPSA) is 74.7 Å². The van der Waals surface area contributed by atoms with Crippen LogP contribution >= 0.6 is 0 Å². The fourth-order valence-electron chi connectivity index (χ4n) is 5.23. The van der Waals surface area contributed by atoms with E-state index in [1.807, 2.05) is 49.6 Å². The largest absolute Gasteiger partial charge is 0.374 e. The minimum absolute atomic E-state index is 0.198. The van der Waals surface area contributed by atoms with Gasteiger partial charge in [-0.2, -0.15) is 0 Å². The third kappa shape index (κ3) is 4.90. The average molecular weight is 497 g/mol. The molecule has 2 fully saturated rings. The lowest BCUT2D eigenvalue weighted by atomic mass is 10.0. The first-order valence-corrected chi connectivity index (χ1v) is 12.8. The molecule has 2 aliphatic rings. The quantitative estimate of drug-likeness (QED) is 0.398. The van der Waals surface area contributed by atoms with Crippen molar-refractivity contribution < 1.29 is 9.53 Å². The van der Waals surface area contributed by atoms with Crippen LogP contribution in [0.2, 0.25) is 0 Å². The van der Waals surface area contributed by atoms with E-state index in [4.69, 9.17) is 4.74 Å². The maximum Gasteiger partial charge on any atom is 0.319 e. The summed E-state index contributed by atoms with van der Waals surface area (Å²) in [6, 6.07) is 23.3. The van der Waals surface area contributed by atoms with Crippen LogP contribution in [-0.4, -0.2) is 73.0 Å². The highest BCUT2D eigenvalue weighted by Crippen LogP contribution is 2.33. The Morgan fingerprint density at radius 2 is 1.78 bits per heavy atom. The van der Waals surface area contributed by atoms with E-state index in [1.54, 1.807) is 0 Å². The van der Waals surface area contributed by atoms with E-state index < -0.39 is 0 Å². The zero-order chi connectivity index (χ0) is 25.4. The molecule has 2 atom stereocenters. The van der Waals surface area contributed by atoms with E-state index in [2.05, 4.69) is 67.5 Å². The Kier molecular flexibility index (Phi) is 6.28. The predicted octanol–water partition coefficient (Wildman–Crippen LogP) is 4.35. The van der Waals surface area contributed by atoms with Gasteiger partial charge in [-0.15, -0.1) is 0 Å². The number of likely N-dealkylation sites (N-methyl/N-ethyl adjacent to an activating group) is 1. The van der Waals surface area contributed by atoms with Crippen molar-refractivity contribution in [3.63, 3.8) is 0 Å². The molecule has 4 aromatic rings. The molecular weight excluding hydrogens is 464 g/mol. The van der Waals surface area contributed by atoms with Crippen molar-refractivity contribution in [2.24, 2.45) is 0 Å². The summed E-state index contributed by atoms with van der Waals surface area (Å²) in [7, 11) is 3.96. The van der Waals surface area contributed by atoms with Gasteiger partial charge in [0.15, 0.2) is 0 Å². The van der Waals surface area contributed by atoms with E-state index in [1.165, 1.54) is 5.69 Å². The van der Waals surface area contributed by atoms with Gasteiger partial charge in [-0.25, -0.2) is 9.78 Å². The van der Waals surface area contributed by atoms with Gasteiger partial charge in [0.2, 0.25) is 0 Å². The third-order valence-electron chi connectivity index (χ3n) is 7.23. The van der Waals surface area contributed by atoms with Crippen LogP contribution in [0.4, 0.5) is 16.2 Å². The number of imidazole rings is 1. The molecule has 190 valence electrons. The van der Waals surface area contributed by atoms with Crippen molar-refractivity contribution in [2.75, 3.05) is 50.6 Å². The van der Waals surface area contributed by atoms with Crippen LogP contribution in [0.5, 0.6) is 0 Å². The van der Waals surface area contributed by atoms with Crippen LogP contribution in [-0.2, 0) is 4.74 Å². The number of carbonyl (C=O) groups is 1. The van der Waals surface area contributed by atoms with Crippen LogP contribution < -0.4 is 15.5 Å². The second kappa shape index (κ2) is 9.88. The van der Waals surface area contributed by atoms with E-state index >= 15 is 0 Å². The van der Waals surface area contributed by atoms with Crippen molar-refractivity contribution in [3.8, 4) is 16.8 Å². The van der Waals surface area contributed by atoms with Crippen molar-refractivity contribution in [1.82, 2.24) is 19.8 Å². The second-order valence-corrected chi connectivity index (χ2v) is 10.1. The van der Waals surface area contributed by atoms with Crippen molar-refractivity contribution >= 4 is 28.4 Å². The average Bonchev–Trinajstić information content (AvgIpc) is 3.65. The van der Waals surface area contributed by atoms with Gasteiger partial charge in [0.1, 0.15) is 6.33 Å². The molecule has 1 aromatic heterocycles. The number of fused-ring (bicyclic) bond motifs is 3. The van der Waals surface area contributed by atoms with Crippen LogP contribution in [0.3, 0.4) is 0 Å². The normalized spacial score (nSPS) is 18.6. The molecule has 2 aliphatic heterocycles. The van der Waals surface area contributed by atoms with Crippen LogP contribution in [0.15, 0.2) is 73.1 Å². The summed E-state index contributed by atoms with van der Waals surface area (Å²) in [6.07, 6.45) is 3.41. The first kappa shape index (κ1) is 23.5. The lowest BCUT2D eigenvalue weighted by molar-refractivity contribution is 0.0991. The highest BCUT2D eigenvalue weighted by atomic mass is 16.5. The number of nitrogens with one attached hydrogen (secondary N) is 2. The second-order valence-electron chi connectivity index (χ2n) is 10.1. The zero-order valence-corrected chi connectivity index (χ0v) is 21.2. The molecule has 0 saturated carbocycles. The minimum Gasteiger partial charge on any atom is -0.374 e. The molecule has 6 rings (SSSR count). The highest BCUT2D eigenvalue weighted by molar-refractivity contribution is 5.90. The number of rotatable bonds is 7. The molecular formula is C29H32N6O2. The number of nitrogens with zero attached hydrogens (tertiary/aromatic N) is 4. The molecule has 0 spiro atoms. The molecule has 2 amide bonds. The van der Waals surface area contributed by atoms with Gasteiger partial charge in [-0.05, 0) is 80.2 Å². The van der Waals surface area contributed by atoms with Gasteiger partial charge in [-0.1, -0.05) is 18.2 Å². The summed E-state index contributed by atoms with van der Waals surface area (Å²) in [4.78, 5) is 21.2. The van der Waals surface area contributed by atoms with Gasteiger partial charge in [-0.3, -0.25) is 4.57 Å². The van der Waals surface area contributed by atoms with E-state index in [0.29, 0.717) is 18.7 Å². The van der Waals surface area contributed by atoms with Crippen LogP contribution in [0, 0.1) is 0 Å². The molecule has 8 nitrogen and oxygen atoms in total. The van der Waals surface area contributed by atoms with Gasteiger partial charge < -0.3 is 25.2 Å². The third-order valence-corrected chi connectivity index (χ3v) is 7.23. The summed E-state index contributed by atoms with van der Waals surface area (Å²) in [6.45, 7) is 3.21. The Hall–Kier alpha value is -3.88. The Balaban J connectivity index is 1.17. The van der Waals surface area contributed by atoms with Gasteiger partial charge in [0.05, 0.1) is 29.8 Å². The van der Waals surface area contributed by atoms with Gasteiger partial charge in [0, 0.05) is 36.7 Å². The lowest BCUT2D eigenvalue weighted by Gasteiger charge is -2.29. The smallest absolute Gasteiger partial charge is 0.319 e. The molecule has 0 radical (unpaired) electrons. The van der Waals surface area contributed by atoms with Crippen molar-refractivity contribution in [2.45, 2.75) is 18.6 Å². The number of ether oxygens (including phenoxy) is 1. The van der Waals surface area contributed by atoms with Gasteiger partial charge >= 0.3 is 6.03 Å².